The van der Waals surface area contributed by atoms with Gasteiger partial charge >= 0.3 is 0 Å². The molecule has 3 heteroatoms. The molecule has 0 aromatic heterocycles. The van der Waals surface area contributed by atoms with Crippen LogP contribution >= 0.6 is 0 Å². The van der Waals surface area contributed by atoms with Crippen LogP contribution in [0.4, 0.5) is 0 Å². The van der Waals surface area contributed by atoms with E-state index in [0.717, 1.165) is 25.6 Å². The van der Waals surface area contributed by atoms with Gasteiger partial charge in [0, 0.05) is 32.3 Å². The molecule has 3 nitrogen and oxygen atoms in total. The maximum atomic E-state index is 6.02. The Balaban J connectivity index is 2.48. The summed E-state index contributed by atoms with van der Waals surface area (Å²) in [5.41, 5.74) is 6.02. The summed E-state index contributed by atoms with van der Waals surface area (Å²) in [5.74, 6) is 0.899. The lowest BCUT2D eigenvalue weighted by molar-refractivity contribution is 0.0834. The van der Waals surface area contributed by atoms with Crippen LogP contribution in [-0.4, -0.2) is 43.8 Å². The molecule has 0 aromatic carbocycles. The SMILES string of the molecule is COCCN(C(C)C)C(CN)CC1CCCCC1. The van der Waals surface area contributed by atoms with E-state index in [1.807, 2.05) is 0 Å². The second kappa shape index (κ2) is 8.89. The number of nitrogens with zero attached hydrogens (tertiary/aromatic N) is 1. The molecule has 1 aliphatic rings. The highest BCUT2D eigenvalue weighted by Crippen LogP contribution is 2.28. The first kappa shape index (κ1) is 15.9. The van der Waals surface area contributed by atoms with Gasteiger partial charge in [0.1, 0.15) is 0 Å². The number of nitrogens with two attached hydrogens (primary N) is 1. The van der Waals surface area contributed by atoms with E-state index in [0.29, 0.717) is 12.1 Å². The Bertz CT molecular complexity index is 203. The average Bonchev–Trinajstić information content (AvgIpc) is 2.38. The Labute approximate surface area is 113 Å². The van der Waals surface area contributed by atoms with Crippen molar-refractivity contribution in [1.82, 2.24) is 4.90 Å². The molecule has 0 radical (unpaired) electrons. The van der Waals surface area contributed by atoms with Crippen molar-refractivity contribution in [3.05, 3.63) is 0 Å². The molecule has 1 rings (SSSR count). The fraction of sp³-hybridized carbons (Fsp3) is 1.00. The molecule has 1 fully saturated rings. The summed E-state index contributed by atoms with van der Waals surface area (Å²) >= 11 is 0. The highest BCUT2D eigenvalue weighted by molar-refractivity contribution is 4.80. The molecule has 0 spiro atoms. The van der Waals surface area contributed by atoms with Crippen LogP contribution in [0.1, 0.15) is 52.4 Å². The van der Waals surface area contributed by atoms with Crippen molar-refractivity contribution < 1.29 is 4.74 Å². The number of hydrogen-bond donors (Lipinski definition) is 1. The molecule has 0 saturated heterocycles. The molecule has 0 aliphatic heterocycles. The normalized spacial score (nSPS) is 19.7. The minimum Gasteiger partial charge on any atom is -0.383 e. The molecular formula is C15H32N2O. The van der Waals surface area contributed by atoms with E-state index in [4.69, 9.17) is 10.5 Å². The van der Waals surface area contributed by atoms with Gasteiger partial charge in [0.15, 0.2) is 0 Å². The third kappa shape index (κ3) is 5.25. The Morgan fingerprint density at radius 3 is 2.39 bits per heavy atom. The van der Waals surface area contributed by atoms with E-state index in [1.54, 1.807) is 7.11 Å². The topological polar surface area (TPSA) is 38.5 Å². The maximum absolute atomic E-state index is 6.02. The number of methoxy groups -OCH3 is 1. The van der Waals surface area contributed by atoms with E-state index < -0.39 is 0 Å². The van der Waals surface area contributed by atoms with Gasteiger partial charge in [-0.2, -0.15) is 0 Å². The van der Waals surface area contributed by atoms with Crippen molar-refractivity contribution in [3.8, 4) is 0 Å². The van der Waals surface area contributed by atoms with Gasteiger partial charge in [-0.3, -0.25) is 4.90 Å². The zero-order valence-electron chi connectivity index (χ0n) is 12.5. The summed E-state index contributed by atoms with van der Waals surface area (Å²) in [6.07, 6.45) is 8.36. The number of hydrogen-bond acceptors (Lipinski definition) is 3. The molecule has 0 amide bonds. The summed E-state index contributed by atoms with van der Waals surface area (Å²) < 4.78 is 5.22. The van der Waals surface area contributed by atoms with Crippen LogP contribution in [0.5, 0.6) is 0 Å². The third-order valence-electron chi connectivity index (χ3n) is 4.29. The predicted molar refractivity (Wildman–Crippen MR) is 77.8 cm³/mol. The second-order valence-corrected chi connectivity index (χ2v) is 5.95. The summed E-state index contributed by atoms with van der Waals surface area (Å²) in [6.45, 7) is 7.11. The van der Waals surface area contributed by atoms with Crippen LogP contribution < -0.4 is 5.73 Å². The summed E-state index contributed by atoms with van der Waals surface area (Å²) in [6, 6.07) is 1.08. The lowest BCUT2D eigenvalue weighted by Gasteiger charge is -2.37. The van der Waals surface area contributed by atoms with Crippen molar-refractivity contribution in [2.75, 3.05) is 26.8 Å². The fourth-order valence-corrected chi connectivity index (χ4v) is 3.23. The fourth-order valence-electron chi connectivity index (χ4n) is 3.23. The van der Waals surface area contributed by atoms with E-state index >= 15 is 0 Å². The Morgan fingerprint density at radius 1 is 1.22 bits per heavy atom. The quantitative estimate of drug-likeness (QED) is 0.725. The highest BCUT2D eigenvalue weighted by Gasteiger charge is 2.24. The molecule has 1 aliphatic carbocycles. The molecule has 0 bridgehead atoms. The van der Waals surface area contributed by atoms with Crippen molar-refractivity contribution in [2.45, 2.75) is 64.5 Å². The first-order chi connectivity index (χ1) is 8.69. The zero-order valence-corrected chi connectivity index (χ0v) is 12.5. The second-order valence-electron chi connectivity index (χ2n) is 5.95. The molecule has 0 aromatic rings. The average molecular weight is 256 g/mol. The van der Waals surface area contributed by atoms with Gasteiger partial charge in [-0.05, 0) is 26.2 Å². The van der Waals surface area contributed by atoms with Gasteiger partial charge in [0.05, 0.1) is 6.61 Å². The first-order valence-electron chi connectivity index (χ1n) is 7.63. The molecular weight excluding hydrogens is 224 g/mol. The van der Waals surface area contributed by atoms with Crippen molar-refractivity contribution >= 4 is 0 Å². The minimum atomic E-state index is 0.531. The largest absolute Gasteiger partial charge is 0.383 e. The maximum Gasteiger partial charge on any atom is 0.0589 e. The molecule has 1 unspecified atom stereocenters. The van der Waals surface area contributed by atoms with E-state index in [9.17, 15) is 0 Å². The summed E-state index contributed by atoms with van der Waals surface area (Å²) in [4.78, 5) is 2.53. The van der Waals surface area contributed by atoms with Crippen LogP contribution in [-0.2, 0) is 4.74 Å². The van der Waals surface area contributed by atoms with Gasteiger partial charge < -0.3 is 10.5 Å². The van der Waals surface area contributed by atoms with Gasteiger partial charge in [0.2, 0.25) is 0 Å². The predicted octanol–water partition coefficient (Wildman–Crippen LogP) is 2.64. The van der Waals surface area contributed by atoms with Gasteiger partial charge in [0.25, 0.3) is 0 Å². The lowest BCUT2D eigenvalue weighted by atomic mass is 9.84. The monoisotopic (exact) mass is 256 g/mol. The van der Waals surface area contributed by atoms with E-state index in [1.165, 1.54) is 38.5 Å². The van der Waals surface area contributed by atoms with E-state index in [-0.39, 0.29) is 0 Å². The van der Waals surface area contributed by atoms with Gasteiger partial charge in [-0.25, -0.2) is 0 Å². The standard InChI is InChI=1S/C15H32N2O/c1-13(2)17(9-10-18-3)15(12-16)11-14-7-5-4-6-8-14/h13-15H,4-12,16H2,1-3H3. The van der Waals surface area contributed by atoms with Crippen molar-refractivity contribution in [1.29, 1.82) is 0 Å². The Hall–Kier alpha value is -0.120. The Morgan fingerprint density at radius 2 is 1.89 bits per heavy atom. The van der Waals surface area contributed by atoms with Crippen molar-refractivity contribution in [2.24, 2.45) is 11.7 Å². The summed E-state index contributed by atoms with van der Waals surface area (Å²) in [5, 5.41) is 0. The van der Waals surface area contributed by atoms with Gasteiger partial charge in [-0.15, -0.1) is 0 Å². The molecule has 1 saturated carbocycles. The highest BCUT2D eigenvalue weighted by atomic mass is 16.5. The molecule has 18 heavy (non-hydrogen) atoms. The van der Waals surface area contributed by atoms with Crippen LogP contribution in [0.25, 0.3) is 0 Å². The molecule has 2 N–H and O–H groups in total. The van der Waals surface area contributed by atoms with Crippen LogP contribution in [0.3, 0.4) is 0 Å². The van der Waals surface area contributed by atoms with E-state index in [2.05, 4.69) is 18.7 Å². The third-order valence-corrected chi connectivity index (χ3v) is 4.29. The zero-order chi connectivity index (χ0) is 13.4. The smallest absolute Gasteiger partial charge is 0.0589 e. The number of ether oxygens (including phenoxy) is 1. The van der Waals surface area contributed by atoms with Gasteiger partial charge in [-0.1, -0.05) is 32.1 Å². The number of rotatable bonds is 8. The summed E-state index contributed by atoms with van der Waals surface area (Å²) in [7, 11) is 1.77. The Kier molecular flexibility index (Phi) is 7.87. The van der Waals surface area contributed by atoms with Crippen LogP contribution in [0, 0.1) is 5.92 Å². The van der Waals surface area contributed by atoms with Crippen LogP contribution in [0.2, 0.25) is 0 Å². The molecule has 1 atom stereocenters. The van der Waals surface area contributed by atoms with Crippen molar-refractivity contribution in [3.63, 3.8) is 0 Å². The minimum absolute atomic E-state index is 0.531. The first-order valence-corrected chi connectivity index (χ1v) is 7.63. The molecule has 0 heterocycles. The van der Waals surface area contributed by atoms with Crippen LogP contribution in [0.15, 0.2) is 0 Å². The molecule has 108 valence electrons. The lowest BCUT2D eigenvalue weighted by Crippen LogP contribution is -2.47.